The van der Waals surface area contributed by atoms with Gasteiger partial charge in [-0.1, -0.05) is 6.07 Å². The van der Waals surface area contributed by atoms with Gasteiger partial charge >= 0.3 is 7.12 Å². The molecule has 0 bridgehead atoms. The van der Waals surface area contributed by atoms with Crippen molar-refractivity contribution in [1.82, 2.24) is 4.90 Å². The Labute approximate surface area is 113 Å². The minimum Gasteiger partial charge on any atom is -0.423 e. The number of likely N-dealkylation sites (tertiary alicyclic amines) is 1. The molecule has 1 aliphatic heterocycles. The van der Waals surface area contributed by atoms with E-state index in [-0.39, 0.29) is 5.46 Å². The molecule has 1 saturated heterocycles. The third-order valence-electron chi connectivity index (χ3n) is 3.55. The van der Waals surface area contributed by atoms with Crippen LogP contribution in [-0.2, 0) is 11.3 Å². The zero-order valence-corrected chi connectivity index (χ0v) is 11.1. The van der Waals surface area contributed by atoms with Crippen LogP contribution in [0, 0.1) is 11.7 Å². The predicted molar refractivity (Wildman–Crippen MR) is 71.5 cm³/mol. The maximum absolute atomic E-state index is 13.1. The minimum atomic E-state index is -1.64. The highest BCUT2D eigenvalue weighted by Crippen LogP contribution is 2.18. The van der Waals surface area contributed by atoms with Crippen LogP contribution in [-0.4, -0.2) is 48.9 Å². The normalized spacial score (nSPS) is 19.9. The van der Waals surface area contributed by atoms with Gasteiger partial charge in [-0.2, -0.15) is 0 Å². The number of methoxy groups -OCH3 is 1. The molecule has 1 heterocycles. The molecule has 0 amide bonds. The second kappa shape index (κ2) is 6.48. The molecule has 4 nitrogen and oxygen atoms in total. The summed E-state index contributed by atoms with van der Waals surface area (Å²) in [6.07, 6.45) is 1.08. The number of hydrogen-bond donors (Lipinski definition) is 2. The number of rotatable bonds is 5. The average Bonchev–Trinajstić information content (AvgIpc) is 2.79. The van der Waals surface area contributed by atoms with Crippen LogP contribution in [0.3, 0.4) is 0 Å². The van der Waals surface area contributed by atoms with Gasteiger partial charge in [0.05, 0.1) is 6.61 Å². The number of hydrogen-bond acceptors (Lipinski definition) is 4. The highest BCUT2D eigenvalue weighted by atomic mass is 19.1. The van der Waals surface area contributed by atoms with Crippen molar-refractivity contribution in [3.63, 3.8) is 0 Å². The first-order chi connectivity index (χ1) is 9.10. The fraction of sp³-hybridized carbons (Fsp3) is 0.538. The van der Waals surface area contributed by atoms with E-state index in [1.54, 1.807) is 13.2 Å². The summed E-state index contributed by atoms with van der Waals surface area (Å²) in [4.78, 5) is 2.23. The Morgan fingerprint density at radius 2 is 2.26 bits per heavy atom. The van der Waals surface area contributed by atoms with E-state index in [2.05, 4.69) is 4.90 Å². The van der Waals surface area contributed by atoms with Gasteiger partial charge in [-0.3, -0.25) is 4.90 Å². The standard InChI is InChI=1S/C13H19BFNO3/c1-19-9-10-4-5-16(7-10)8-11-2-3-12(15)6-13(11)14(17)18/h2-3,6,10,17-18H,4-5,7-9H2,1H3. The molecule has 1 aliphatic rings. The molecule has 104 valence electrons. The fourth-order valence-corrected chi connectivity index (χ4v) is 2.62. The van der Waals surface area contributed by atoms with Crippen LogP contribution in [0.5, 0.6) is 0 Å². The van der Waals surface area contributed by atoms with Gasteiger partial charge in [0.15, 0.2) is 0 Å². The third-order valence-corrected chi connectivity index (χ3v) is 3.55. The van der Waals surface area contributed by atoms with Crippen LogP contribution < -0.4 is 5.46 Å². The number of ether oxygens (including phenoxy) is 1. The Bertz CT molecular complexity index is 430. The second-order valence-electron chi connectivity index (χ2n) is 5.06. The molecule has 0 aromatic heterocycles. The van der Waals surface area contributed by atoms with Gasteiger partial charge in [-0.25, -0.2) is 4.39 Å². The lowest BCUT2D eigenvalue weighted by Crippen LogP contribution is -2.35. The topological polar surface area (TPSA) is 52.9 Å². The Balaban J connectivity index is 2.03. The van der Waals surface area contributed by atoms with E-state index in [1.807, 2.05) is 0 Å². The molecule has 1 unspecified atom stereocenters. The molecule has 6 heteroatoms. The van der Waals surface area contributed by atoms with Crippen molar-refractivity contribution in [1.29, 1.82) is 0 Å². The fourth-order valence-electron chi connectivity index (χ4n) is 2.62. The molecule has 2 N–H and O–H groups in total. The summed E-state index contributed by atoms with van der Waals surface area (Å²) < 4.78 is 18.3. The van der Waals surface area contributed by atoms with Crippen molar-refractivity contribution in [2.24, 2.45) is 5.92 Å². The maximum atomic E-state index is 13.1. The molecule has 0 spiro atoms. The van der Waals surface area contributed by atoms with Gasteiger partial charge in [0.1, 0.15) is 5.82 Å². The highest BCUT2D eigenvalue weighted by Gasteiger charge is 2.24. The van der Waals surface area contributed by atoms with Crippen molar-refractivity contribution in [3.05, 3.63) is 29.6 Å². The van der Waals surface area contributed by atoms with Gasteiger partial charge < -0.3 is 14.8 Å². The summed E-state index contributed by atoms with van der Waals surface area (Å²) in [5, 5.41) is 18.6. The summed E-state index contributed by atoms with van der Waals surface area (Å²) >= 11 is 0. The first-order valence-corrected chi connectivity index (χ1v) is 6.46. The van der Waals surface area contributed by atoms with Crippen molar-refractivity contribution < 1.29 is 19.2 Å². The molecule has 0 saturated carbocycles. The van der Waals surface area contributed by atoms with Crippen molar-refractivity contribution in [2.75, 3.05) is 26.8 Å². The summed E-state index contributed by atoms with van der Waals surface area (Å²) in [5.41, 5.74) is 1.00. The van der Waals surface area contributed by atoms with Crippen LogP contribution in [0.4, 0.5) is 4.39 Å². The van der Waals surface area contributed by atoms with Gasteiger partial charge in [-0.15, -0.1) is 0 Å². The van der Waals surface area contributed by atoms with Crippen LogP contribution in [0.15, 0.2) is 18.2 Å². The number of benzene rings is 1. The molecular formula is C13H19BFNO3. The van der Waals surface area contributed by atoms with Crippen LogP contribution in [0.2, 0.25) is 0 Å². The van der Waals surface area contributed by atoms with Gasteiger partial charge in [-0.05, 0) is 42.0 Å². The van der Waals surface area contributed by atoms with Crippen molar-refractivity contribution in [3.8, 4) is 0 Å². The first-order valence-electron chi connectivity index (χ1n) is 6.46. The molecule has 1 atom stereocenters. The van der Waals surface area contributed by atoms with E-state index >= 15 is 0 Å². The largest absolute Gasteiger partial charge is 0.488 e. The van der Waals surface area contributed by atoms with E-state index in [1.165, 1.54) is 12.1 Å². The molecule has 19 heavy (non-hydrogen) atoms. The summed E-state index contributed by atoms with van der Waals surface area (Å²) in [6, 6.07) is 4.15. The second-order valence-corrected chi connectivity index (χ2v) is 5.06. The molecule has 1 aromatic rings. The smallest absolute Gasteiger partial charge is 0.423 e. The summed E-state index contributed by atoms with van der Waals surface area (Å²) in [7, 11) is 0.0612. The Hall–Kier alpha value is -0.945. The zero-order chi connectivity index (χ0) is 13.8. The molecule has 0 aliphatic carbocycles. The van der Waals surface area contributed by atoms with Crippen molar-refractivity contribution in [2.45, 2.75) is 13.0 Å². The zero-order valence-electron chi connectivity index (χ0n) is 11.1. The molecular weight excluding hydrogens is 248 g/mol. The lowest BCUT2D eigenvalue weighted by molar-refractivity contribution is 0.152. The molecule has 1 fully saturated rings. The van der Waals surface area contributed by atoms with Crippen LogP contribution in [0.25, 0.3) is 0 Å². The SMILES string of the molecule is COCC1CCN(Cc2ccc(F)cc2B(O)O)C1. The summed E-state index contributed by atoms with van der Waals surface area (Å²) in [6.45, 7) is 3.22. The van der Waals surface area contributed by atoms with Crippen LogP contribution in [0.1, 0.15) is 12.0 Å². The Kier molecular flexibility index (Phi) is 4.93. The van der Waals surface area contributed by atoms with Crippen molar-refractivity contribution >= 4 is 12.6 Å². The molecule has 1 aromatic carbocycles. The quantitative estimate of drug-likeness (QED) is 0.736. The van der Waals surface area contributed by atoms with Gasteiger partial charge in [0.25, 0.3) is 0 Å². The van der Waals surface area contributed by atoms with Crippen LogP contribution >= 0.6 is 0 Å². The Morgan fingerprint density at radius 1 is 1.47 bits per heavy atom. The lowest BCUT2D eigenvalue weighted by atomic mass is 9.77. The Morgan fingerprint density at radius 3 is 2.95 bits per heavy atom. The van der Waals surface area contributed by atoms with E-state index in [0.717, 1.165) is 31.7 Å². The lowest BCUT2D eigenvalue weighted by Gasteiger charge is -2.18. The van der Waals surface area contributed by atoms with E-state index in [9.17, 15) is 14.4 Å². The molecule has 2 rings (SSSR count). The predicted octanol–water partition coefficient (Wildman–Crippen LogP) is -0.0262. The number of halogens is 1. The highest BCUT2D eigenvalue weighted by molar-refractivity contribution is 6.59. The van der Waals surface area contributed by atoms with E-state index < -0.39 is 12.9 Å². The van der Waals surface area contributed by atoms with E-state index in [0.29, 0.717) is 12.5 Å². The number of nitrogens with zero attached hydrogens (tertiary/aromatic N) is 1. The van der Waals surface area contributed by atoms with Gasteiger partial charge in [0.2, 0.25) is 0 Å². The van der Waals surface area contributed by atoms with E-state index in [4.69, 9.17) is 4.74 Å². The average molecular weight is 267 g/mol. The summed E-state index contributed by atoms with van der Waals surface area (Å²) in [5.74, 6) is 0.0680. The molecule has 0 radical (unpaired) electrons. The maximum Gasteiger partial charge on any atom is 0.488 e. The third kappa shape index (κ3) is 3.76. The minimum absolute atomic E-state index is 0.246. The first kappa shape index (κ1) is 14.5. The van der Waals surface area contributed by atoms with Gasteiger partial charge in [0, 0.05) is 20.2 Å². The monoisotopic (exact) mass is 267 g/mol.